The summed E-state index contributed by atoms with van der Waals surface area (Å²) in [6.07, 6.45) is 0. The van der Waals surface area contributed by atoms with Gasteiger partial charge in [-0.05, 0) is 11.1 Å². The molecule has 0 radical (unpaired) electrons. The molecular formula is C12H13Cl3NO4P. The molecule has 0 saturated heterocycles. The summed E-state index contributed by atoms with van der Waals surface area (Å²) in [5.74, 6) is -1.71. The first-order valence-electron chi connectivity index (χ1n) is 5.91. The predicted octanol–water partition coefficient (Wildman–Crippen LogP) is 3.88. The lowest BCUT2D eigenvalue weighted by atomic mass is 10.1. The van der Waals surface area contributed by atoms with Crippen molar-refractivity contribution in [3.8, 4) is 0 Å². The standard InChI is InChI=1S/C12H13Cl3NO4P/c1-19-21(18,20-2)10-9-6-4-3-5-8(9)7-16(10)11(17)12(13,14)15/h3-6,10H,7H2,1-2H3. The van der Waals surface area contributed by atoms with E-state index in [1.165, 1.54) is 19.1 Å². The van der Waals surface area contributed by atoms with E-state index in [0.717, 1.165) is 5.56 Å². The molecule has 1 amide bonds. The zero-order valence-corrected chi connectivity index (χ0v) is 14.4. The fourth-order valence-electron chi connectivity index (χ4n) is 2.33. The Morgan fingerprint density at radius 1 is 1.29 bits per heavy atom. The number of fused-ring (bicyclic) bond motifs is 1. The summed E-state index contributed by atoms with van der Waals surface area (Å²) in [6.45, 7) is 0.171. The van der Waals surface area contributed by atoms with Crippen LogP contribution in [0.2, 0.25) is 0 Å². The number of nitrogens with zero attached hydrogens (tertiary/aromatic N) is 1. The molecule has 9 heteroatoms. The summed E-state index contributed by atoms with van der Waals surface area (Å²) in [4.78, 5) is 13.5. The molecule has 1 heterocycles. The number of halogens is 3. The molecule has 0 aromatic heterocycles. The molecule has 0 bridgehead atoms. The summed E-state index contributed by atoms with van der Waals surface area (Å²) in [5, 5.41) is 0. The minimum atomic E-state index is -3.61. The van der Waals surface area contributed by atoms with Crippen molar-refractivity contribution in [1.29, 1.82) is 0 Å². The Hall–Kier alpha value is -0.290. The highest BCUT2D eigenvalue weighted by Gasteiger charge is 2.50. The van der Waals surface area contributed by atoms with Crippen LogP contribution >= 0.6 is 42.4 Å². The van der Waals surface area contributed by atoms with Gasteiger partial charge in [0.05, 0.1) is 0 Å². The molecule has 1 aromatic carbocycles. The van der Waals surface area contributed by atoms with E-state index in [-0.39, 0.29) is 6.54 Å². The van der Waals surface area contributed by atoms with Crippen molar-refractivity contribution in [1.82, 2.24) is 4.90 Å². The Bertz CT molecular complexity index is 596. The Labute approximate surface area is 137 Å². The smallest absolute Gasteiger partial charge is 0.316 e. The number of benzene rings is 1. The van der Waals surface area contributed by atoms with Gasteiger partial charge < -0.3 is 13.9 Å². The maximum atomic E-state index is 12.8. The lowest BCUT2D eigenvalue weighted by molar-refractivity contribution is -0.131. The molecule has 116 valence electrons. The number of rotatable bonds is 3. The topological polar surface area (TPSA) is 55.8 Å². The lowest BCUT2D eigenvalue weighted by Crippen LogP contribution is -2.38. The number of alkyl halides is 3. The maximum Gasteiger partial charge on any atom is 0.357 e. The van der Waals surface area contributed by atoms with E-state index in [0.29, 0.717) is 5.56 Å². The van der Waals surface area contributed by atoms with Crippen molar-refractivity contribution >= 4 is 48.3 Å². The van der Waals surface area contributed by atoms with E-state index in [1.807, 2.05) is 12.1 Å². The molecule has 2 rings (SSSR count). The van der Waals surface area contributed by atoms with Gasteiger partial charge in [-0.2, -0.15) is 0 Å². The van der Waals surface area contributed by atoms with Crippen LogP contribution in [0.4, 0.5) is 0 Å². The molecule has 0 saturated carbocycles. The van der Waals surface area contributed by atoms with Crippen molar-refractivity contribution < 1.29 is 18.4 Å². The van der Waals surface area contributed by atoms with Crippen LogP contribution in [0.3, 0.4) is 0 Å². The molecule has 1 unspecified atom stereocenters. The van der Waals surface area contributed by atoms with Crippen LogP contribution in [0.1, 0.15) is 16.9 Å². The number of carbonyl (C=O) groups is 1. The summed E-state index contributed by atoms with van der Waals surface area (Å²) in [5.41, 5.74) is 1.46. The number of hydrogen-bond donors (Lipinski definition) is 0. The average molecular weight is 373 g/mol. The van der Waals surface area contributed by atoms with Crippen LogP contribution in [0, 0.1) is 0 Å². The van der Waals surface area contributed by atoms with Gasteiger partial charge in [0.25, 0.3) is 9.70 Å². The van der Waals surface area contributed by atoms with Gasteiger partial charge in [-0.1, -0.05) is 59.1 Å². The van der Waals surface area contributed by atoms with Crippen molar-refractivity contribution in [2.45, 2.75) is 16.1 Å². The quantitative estimate of drug-likeness (QED) is 0.597. The lowest BCUT2D eigenvalue weighted by Gasteiger charge is -2.31. The van der Waals surface area contributed by atoms with Crippen LogP contribution in [0.25, 0.3) is 0 Å². The molecule has 1 atom stereocenters. The van der Waals surface area contributed by atoms with Crippen LogP contribution in [0.15, 0.2) is 24.3 Å². The maximum absolute atomic E-state index is 12.8. The average Bonchev–Trinajstić information content (AvgIpc) is 2.84. The Kier molecular flexibility index (Phi) is 4.94. The van der Waals surface area contributed by atoms with Crippen LogP contribution in [-0.2, 0) is 25.0 Å². The van der Waals surface area contributed by atoms with Gasteiger partial charge in [-0.3, -0.25) is 9.36 Å². The monoisotopic (exact) mass is 371 g/mol. The van der Waals surface area contributed by atoms with E-state index >= 15 is 0 Å². The number of hydrogen-bond acceptors (Lipinski definition) is 4. The van der Waals surface area contributed by atoms with Gasteiger partial charge in [0.15, 0.2) is 5.78 Å². The third-order valence-corrected chi connectivity index (χ3v) is 5.94. The third kappa shape index (κ3) is 3.09. The van der Waals surface area contributed by atoms with Crippen molar-refractivity contribution in [3.63, 3.8) is 0 Å². The fraction of sp³-hybridized carbons (Fsp3) is 0.417. The molecule has 0 spiro atoms. The van der Waals surface area contributed by atoms with Gasteiger partial charge in [0, 0.05) is 20.8 Å². The molecule has 0 fully saturated rings. The van der Waals surface area contributed by atoms with Gasteiger partial charge >= 0.3 is 7.60 Å². The molecular weight excluding hydrogens is 359 g/mol. The SMILES string of the molecule is COP(=O)(OC)C1c2ccccc2CN1C(=O)C(Cl)(Cl)Cl. The fourth-order valence-corrected chi connectivity index (χ4v) is 4.32. The molecule has 0 N–H and O–H groups in total. The first kappa shape index (κ1) is 17.1. The minimum absolute atomic E-state index is 0.171. The van der Waals surface area contributed by atoms with E-state index in [4.69, 9.17) is 43.9 Å². The van der Waals surface area contributed by atoms with Crippen LogP contribution < -0.4 is 0 Å². The minimum Gasteiger partial charge on any atom is -0.316 e. The third-order valence-electron chi connectivity index (χ3n) is 3.28. The summed E-state index contributed by atoms with van der Waals surface area (Å²) >= 11 is 17.0. The Morgan fingerprint density at radius 3 is 2.38 bits per heavy atom. The first-order chi connectivity index (χ1) is 9.74. The molecule has 5 nitrogen and oxygen atoms in total. The van der Waals surface area contributed by atoms with E-state index < -0.39 is 23.1 Å². The summed E-state index contributed by atoms with van der Waals surface area (Å²) in [7, 11) is -1.11. The second-order valence-electron chi connectivity index (χ2n) is 4.41. The molecule has 21 heavy (non-hydrogen) atoms. The highest BCUT2D eigenvalue weighted by atomic mass is 35.6. The second-order valence-corrected chi connectivity index (χ2v) is 8.99. The van der Waals surface area contributed by atoms with Gasteiger partial charge in [0.1, 0.15) is 0 Å². The van der Waals surface area contributed by atoms with Gasteiger partial charge in [-0.25, -0.2) is 0 Å². The molecule has 1 aliphatic heterocycles. The summed E-state index contributed by atoms with van der Waals surface area (Å²) in [6, 6.07) is 7.13. The molecule has 0 aliphatic carbocycles. The summed E-state index contributed by atoms with van der Waals surface area (Å²) < 4.78 is 20.7. The number of carbonyl (C=O) groups excluding carboxylic acids is 1. The van der Waals surface area contributed by atoms with Crippen molar-refractivity contribution in [2.24, 2.45) is 0 Å². The zero-order chi connectivity index (χ0) is 15.8. The Morgan fingerprint density at radius 2 is 1.86 bits per heavy atom. The second kappa shape index (κ2) is 6.07. The van der Waals surface area contributed by atoms with E-state index in [9.17, 15) is 9.36 Å². The van der Waals surface area contributed by atoms with Crippen molar-refractivity contribution in [3.05, 3.63) is 35.4 Å². The Balaban J connectivity index is 2.53. The van der Waals surface area contributed by atoms with Crippen LogP contribution in [0.5, 0.6) is 0 Å². The van der Waals surface area contributed by atoms with Crippen molar-refractivity contribution in [2.75, 3.05) is 14.2 Å². The highest BCUT2D eigenvalue weighted by molar-refractivity contribution is 7.54. The normalized spacial score (nSPS) is 18.7. The predicted molar refractivity (Wildman–Crippen MR) is 81.6 cm³/mol. The zero-order valence-electron chi connectivity index (χ0n) is 11.3. The molecule has 1 aliphatic rings. The van der Waals surface area contributed by atoms with E-state index in [1.54, 1.807) is 12.1 Å². The van der Waals surface area contributed by atoms with Gasteiger partial charge in [0.2, 0.25) is 0 Å². The van der Waals surface area contributed by atoms with Gasteiger partial charge in [-0.15, -0.1) is 0 Å². The van der Waals surface area contributed by atoms with E-state index in [2.05, 4.69) is 0 Å². The van der Waals surface area contributed by atoms with Crippen LogP contribution in [-0.4, -0.2) is 28.8 Å². The molecule has 1 aromatic rings. The first-order valence-corrected chi connectivity index (χ1v) is 8.66. The highest BCUT2D eigenvalue weighted by Crippen LogP contribution is 2.64. The number of amides is 1. The largest absolute Gasteiger partial charge is 0.357 e.